The zero-order chi connectivity index (χ0) is 21.9. The van der Waals surface area contributed by atoms with E-state index in [1.807, 2.05) is 22.6 Å². The fourth-order valence-electron chi connectivity index (χ4n) is 6.34. The van der Waals surface area contributed by atoms with Gasteiger partial charge in [0.1, 0.15) is 0 Å². The molecule has 8 heteroatoms. The molecule has 0 amide bonds. The number of carbonyl (C=O) groups excluding carboxylic acids is 1. The van der Waals surface area contributed by atoms with E-state index in [0.717, 1.165) is 25.7 Å². The maximum atomic E-state index is 12.8. The first-order valence-electron chi connectivity index (χ1n) is 10.5. The van der Waals surface area contributed by atoms with E-state index in [9.17, 15) is 22.9 Å². The number of benzene rings is 2. The molecule has 2 N–H and O–H groups in total. The fourth-order valence-corrected chi connectivity index (χ4v) is 7.55. The minimum Gasteiger partial charge on any atom is -0.504 e. The molecule has 0 atom stereocenters. The number of halogens is 1. The molecule has 0 radical (unpaired) electrons. The summed E-state index contributed by atoms with van der Waals surface area (Å²) in [5, 5.41) is 10.1. The van der Waals surface area contributed by atoms with E-state index >= 15 is 0 Å². The predicted molar refractivity (Wildman–Crippen MR) is 122 cm³/mol. The van der Waals surface area contributed by atoms with Gasteiger partial charge < -0.3 is 9.84 Å². The summed E-state index contributed by atoms with van der Waals surface area (Å²) in [7, 11) is -4.42. The van der Waals surface area contributed by atoms with Gasteiger partial charge in [0.15, 0.2) is 11.5 Å². The number of hydrogen-bond acceptors (Lipinski definition) is 5. The van der Waals surface area contributed by atoms with Gasteiger partial charge in [0, 0.05) is 0 Å². The van der Waals surface area contributed by atoms with Crippen molar-refractivity contribution >= 4 is 38.7 Å². The maximum absolute atomic E-state index is 12.8. The van der Waals surface area contributed by atoms with Crippen LogP contribution in [0.1, 0.15) is 53.9 Å². The standard InChI is InChI=1S/C23H23IO6S/c24-18-2-1-3-19(22(18)25)30-23(26)14-4-5-20(31(27,28)29)17(11-14)21-15-7-12-6-13(9-15)10-16(21)8-12/h1-5,11-13,15-16,21,25H,6-10H2,(H,27,28,29). The van der Waals surface area contributed by atoms with E-state index in [1.54, 1.807) is 18.2 Å². The van der Waals surface area contributed by atoms with Crippen LogP contribution in [-0.4, -0.2) is 24.0 Å². The zero-order valence-corrected chi connectivity index (χ0v) is 19.7. The first kappa shape index (κ1) is 21.2. The highest BCUT2D eigenvalue weighted by Crippen LogP contribution is 2.60. The van der Waals surface area contributed by atoms with E-state index in [0.29, 0.717) is 32.8 Å². The number of ether oxygens (including phenoxy) is 1. The van der Waals surface area contributed by atoms with Crippen LogP contribution in [0.3, 0.4) is 0 Å². The number of phenols is 1. The third-order valence-corrected chi connectivity index (χ3v) is 9.06. The molecule has 4 fully saturated rings. The Morgan fingerprint density at radius 1 is 1.00 bits per heavy atom. The van der Waals surface area contributed by atoms with Gasteiger partial charge in [-0.05, 0) is 120 Å². The molecule has 6 rings (SSSR count). The lowest BCUT2D eigenvalue weighted by molar-refractivity contribution is -0.00372. The Kier molecular flexibility index (Phi) is 5.29. The van der Waals surface area contributed by atoms with Crippen molar-refractivity contribution in [2.24, 2.45) is 23.7 Å². The molecule has 164 valence electrons. The third-order valence-electron chi connectivity index (χ3n) is 7.26. The fraction of sp³-hybridized carbons (Fsp3) is 0.435. The van der Waals surface area contributed by atoms with Crippen molar-refractivity contribution in [1.29, 1.82) is 0 Å². The Morgan fingerprint density at radius 2 is 1.65 bits per heavy atom. The lowest BCUT2D eigenvalue weighted by Gasteiger charge is -2.54. The highest BCUT2D eigenvalue weighted by atomic mass is 127. The van der Waals surface area contributed by atoms with Gasteiger partial charge in [-0.1, -0.05) is 6.07 Å². The molecular weight excluding hydrogens is 531 g/mol. The molecule has 0 aromatic heterocycles. The number of esters is 1. The smallest absolute Gasteiger partial charge is 0.343 e. The summed E-state index contributed by atoms with van der Waals surface area (Å²) in [5.74, 6) is 1.45. The average Bonchev–Trinajstić information content (AvgIpc) is 2.70. The molecule has 0 aliphatic heterocycles. The van der Waals surface area contributed by atoms with Crippen molar-refractivity contribution in [3.63, 3.8) is 0 Å². The largest absolute Gasteiger partial charge is 0.504 e. The highest BCUT2D eigenvalue weighted by Gasteiger charge is 2.49. The van der Waals surface area contributed by atoms with Crippen molar-refractivity contribution in [2.75, 3.05) is 0 Å². The molecule has 31 heavy (non-hydrogen) atoms. The van der Waals surface area contributed by atoms with Gasteiger partial charge in [-0.3, -0.25) is 4.55 Å². The number of rotatable bonds is 4. The normalized spacial score (nSPS) is 29.2. The maximum Gasteiger partial charge on any atom is 0.343 e. The molecule has 0 spiro atoms. The monoisotopic (exact) mass is 554 g/mol. The lowest BCUT2D eigenvalue weighted by atomic mass is 9.50. The molecule has 2 aromatic carbocycles. The molecule has 0 heterocycles. The predicted octanol–water partition coefficient (Wildman–Crippen LogP) is 5.00. The van der Waals surface area contributed by atoms with Crippen LogP contribution >= 0.6 is 22.6 Å². The van der Waals surface area contributed by atoms with E-state index in [1.165, 1.54) is 24.6 Å². The van der Waals surface area contributed by atoms with Crippen LogP contribution in [0.15, 0.2) is 41.3 Å². The SMILES string of the molecule is O=C(Oc1cccc(I)c1O)c1ccc(S(=O)(=O)O)c(C2C3CC4CC(C3)CC2C4)c1. The Balaban J connectivity index is 1.52. The first-order valence-corrected chi connectivity index (χ1v) is 13.0. The Bertz CT molecular complexity index is 1130. The molecule has 4 saturated carbocycles. The Hall–Kier alpha value is -1.65. The second kappa shape index (κ2) is 7.74. The summed E-state index contributed by atoms with van der Waals surface area (Å²) >= 11 is 1.94. The summed E-state index contributed by atoms with van der Waals surface area (Å²) < 4.78 is 40.1. The molecule has 4 aliphatic rings. The van der Waals surface area contributed by atoms with Crippen LogP contribution in [0.2, 0.25) is 0 Å². The summed E-state index contributed by atoms with van der Waals surface area (Å²) in [6.45, 7) is 0. The van der Waals surface area contributed by atoms with Crippen LogP contribution in [0.25, 0.3) is 0 Å². The molecule has 6 nitrogen and oxygen atoms in total. The molecule has 4 aliphatic carbocycles. The van der Waals surface area contributed by atoms with E-state index < -0.39 is 16.1 Å². The second-order valence-electron chi connectivity index (χ2n) is 9.16. The van der Waals surface area contributed by atoms with Gasteiger partial charge in [-0.15, -0.1) is 0 Å². The van der Waals surface area contributed by atoms with Crippen LogP contribution < -0.4 is 4.74 Å². The van der Waals surface area contributed by atoms with Crippen molar-refractivity contribution in [3.05, 3.63) is 51.1 Å². The quantitative estimate of drug-likeness (QED) is 0.239. The zero-order valence-electron chi connectivity index (χ0n) is 16.7. The van der Waals surface area contributed by atoms with E-state index in [-0.39, 0.29) is 27.9 Å². The van der Waals surface area contributed by atoms with Gasteiger partial charge in [0.2, 0.25) is 0 Å². The average molecular weight is 554 g/mol. The van der Waals surface area contributed by atoms with Gasteiger partial charge in [-0.25, -0.2) is 4.79 Å². The van der Waals surface area contributed by atoms with Crippen LogP contribution in [0.5, 0.6) is 11.5 Å². The lowest BCUT2D eigenvalue weighted by Crippen LogP contribution is -2.44. The molecule has 2 aromatic rings. The van der Waals surface area contributed by atoms with Crippen LogP contribution in [0, 0.1) is 27.2 Å². The van der Waals surface area contributed by atoms with Gasteiger partial charge in [0.05, 0.1) is 14.0 Å². The van der Waals surface area contributed by atoms with Crippen LogP contribution in [-0.2, 0) is 10.1 Å². The van der Waals surface area contributed by atoms with Gasteiger partial charge in [-0.2, -0.15) is 8.42 Å². The van der Waals surface area contributed by atoms with Crippen molar-refractivity contribution in [1.82, 2.24) is 0 Å². The minimum absolute atomic E-state index is 0.0172. The Labute approximate surface area is 194 Å². The number of phenolic OH excluding ortho intramolecular Hbond substituents is 1. The van der Waals surface area contributed by atoms with Gasteiger partial charge >= 0.3 is 5.97 Å². The topological polar surface area (TPSA) is 101 Å². The van der Waals surface area contributed by atoms with E-state index in [2.05, 4.69) is 0 Å². The van der Waals surface area contributed by atoms with E-state index in [4.69, 9.17) is 4.74 Å². The summed E-state index contributed by atoms with van der Waals surface area (Å²) in [6.07, 6.45) is 5.58. The molecular formula is C23H23IO6S. The highest BCUT2D eigenvalue weighted by molar-refractivity contribution is 14.1. The number of carbonyl (C=O) groups is 1. The van der Waals surface area contributed by atoms with Gasteiger partial charge in [0.25, 0.3) is 10.1 Å². The minimum atomic E-state index is -4.42. The summed E-state index contributed by atoms with van der Waals surface area (Å²) in [5.41, 5.74) is 0.729. The van der Waals surface area contributed by atoms with Crippen molar-refractivity contribution in [2.45, 2.75) is 42.9 Å². The van der Waals surface area contributed by atoms with Crippen molar-refractivity contribution in [3.8, 4) is 11.5 Å². The second-order valence-corrected chi connectivity index (χ2v) is 11.7. The number of aromatic hydroxyl groups is 1. The summed E-state index contributed by atoms with van der Waals surface area (Å²) in [4.78, 5) is 12.7. The molecule has 4 bridgehead atoms. The number of hydrogen-bond donors (Lipinski definition) is 2. The van der Waals surface area contributed by atoms with Crippen LogP contribution in [0.4, 0.5) is 0 Å². The summed E-state index contributed by atoms with van der Waals surface area (Å²) in [6, 6.07) is 9.10. The number of para-hydroxylation sites is 1. The third kappa shape index (κ3) is 3.87. The Morgan fingerprint density at radius 3 is 2.26 bits per heavy atom. The first-order chi connectivity index (χ1) is 14.7. The molecule has 0 saturated heterocycles. The molecule has 0 unspecified atom stereocenters. The van der Waals surface area contributed by atoms with Crippen molar-refractivity contribution < 1.29 is 27.6 Å².